The lowest BCUT2D eigenvalue weighted by molar-refractivity contribution is 0.174. The van der Waals surface area contributed by atoms with Crippen molar-refractivity contribution < 1.29 is 9.47 Å². The summed E-state index contributed by atoms with van der Waals surface area (Å²) in [4.78, 5) is 0. The first-order valence-corrected chi connectivity index (χ1v) is 6.31. The molecule has 2 aromatic rings. The minimum Gasteiger partial charge on any atom is -0.454 e. The van der Waals surface area contributed by atoms with E-state index in [0.717, 1.165) is 30.3 Å². The summed E-state index contributed by atoms with van der Waals surface area (Å²) in [5, 5.41) is 7.74. The summed E-state index contributed by atoms with van der Waals surface area (Å²) in [6, 6.07) is 6.02. The van der Waals surface area contributed by atoms with Crippen LogP contribution in [0.15, 0.2) is 24.4 Å². The smallest absolute Gasteiger partial charge is 0.231 e. The van der Waals surface area contributed by atoms with E-state index in [-0.39, 0.29) is 0 Å². The average molecular weight is 259 g/mol. The number of nitrogens with zero attached hydrogens (tertiary/aromatic N) is 2. The van der Waals surface area contributed by atoms with Gasteiger partial charge in [0.25, 0.3) is 0 Å². The van der Waals surface area contributed by atoms with Gasteiger partial charge < -0.3 is 14.8 Å². The maximum absolute atomic E-state index is 5.36. The zero-order valence-electron chi connectivity index (χ0n) is 11.1. The maximum Gasteiger partial charge on any atom is 0.231 e. The Bertz CT molecular complexity index is 592. The number of nitrogens with one attached hydrogen (secondary N) is 1. The van der Waals surface area contributed by atoms with E-state index >= 15 is 0 Å². The third kappa shape index (κ3) is 2.56. The van der Waals surface area contributed by atoms with Crippen molar-refractivity contribution in [3.63, 3.8) is 0 Å². The van der Waals surface area contributed by atoms with Crippen LogP contribution < -0.4 is 14.8 Å². The number of fused-ring (bicyclic) bond motifs is 1. The highest BCUT2D eigenvalue weighted by molar-refractivity contribution is 5.44. The Morgan fingerprint density at radius 1 is 1.26 bits per heavy atom. The molecule has 19 heavy (non-hydrogen) atoms. The van der Waals surface area contributed by atoms with Crippen LogP contribution >= 0.6 is 0 Å². The van der Waals surface area contributed by atoms with Crippen LogP contribution in [0.5, 0.6) is 11.5 Å². The van der Waals surface area contributed by atoms with Crippen molar-refractivity contribution in [2.45, 2.75) is 20.0 Å². The van der Waals surface area contributed by atoms with Crippen molar-refractivity contribution in [2.75, 3.05) is 6.79 Å². The minimum absolute atomic E-state index is 0.321. The lowest BCUT2D eigenvalue weighted by Crippen LogP contribution is -2.12. The lowest BCUT2D eigenvalue weighted by Gasteiger charge is -2.05. The van der Waals surface area contributed by atoms with Crippen molar-refractivity contribution in [3.05, 3.63) is 41.2 Å². The van der Waals surface area contributed by atoms with Crippen LogP contribution in [0.4, 0.5) is 0 Å². The Balaban J connectivity index is 1.59. The van der Waals surface area contributed by atoms with Crippen LogP contribution in [0.25, 0.3) is 0 Å². The number of rotatable bonds is 4. The van der Waals surface area contributed by atoms with Gasteiger partial charge in [0.05, 0.1) is 5.69 Å². The molecule has 0 atom stereocenters. The van der Waals surface area contributed by atoms with Crippen molar-refractivity contribution in [1.82, 2.24) is 15.1 Å². The van der Waals surface area contributed by atoms with Gasteiger partial charge in [0, 0.05) is 31.9 Å². The molecule has 0 saturated heterocycles. The van der Waals surface area contributed by atoms with E-state index < -0.39 is 0 Å². The van der Waals surface area contributed by atoms with E-state index in [4.69, 9.17) is 9.47 Å². The average Bonchev–Trinajstić information content (AvgIpc) is 2.96. The fourth-order valence-electron chi connectivity index (χ4n) is 2.21. The van der Waals surface area contributed by atoms with Crippen LogP contribution in [0.3, 0.4) is 0 Å². The van der Waals surface area contributed by atoms with Crippen molar-refractivity contribution >= 4 is 0 Å². The molecule has 1 aliphatic heterocycles. The van der Waals surface area contributed by atoms with Gasteiger partial charge >= 0.3 is 0 Å². The van der Waals surface area contributed by atoms with Gasteiger partial charge in [-0.3, -0.25) is 4.68 Å². The molecular weight excluding hydrogens is 242 g/mol. The van der Waals surface area contributed by atoms with Gasteiger partial charge in [-0.25, -0.2) is 0 Å². The SMILES string of the molecule is Cc1nn(C)cc1CNCc1ccc2c(c1)OCO2. The van der Waals surface area contributed by atoms with Crippen LogP contribution in [-0.4, -0.2) is 16.6 Å². The molecule has 1 aromatic carbocycles. The third-order valence-corrected chi connectivity index (χ3v) is 3.20. The molecule has 1 aromatic heterocycles. The topological polar surface area (TPSA) is 48.3 Å². The third-order valence-electron chi connectivity index (χ3n) is 3.20. The van der Waals surface area contributed by atoms with Crippen molar-refractivity contribution in [1.29, 1.82) is 0 Å². The fraction of sp³-hybridized carbons (Fsp3) is 0.357. The van der Waals surface area contributed by atoms with E-state index in [1.54, 1.807) is 0 Å². The van der Waals surface area contributed by atoms with Crippen LogP contribution in [0.1, 0.15) is 16.8 Å². The van der Waals surface area contributed by atoms with Gasteiger partial charge in [0.2, 0.25) is 6.79 Å². The Kier molecular flexibility index (Phi) is 3.13. The van der Waals surface area contributed by atoms with Gasteiger partial charge in [-0.1, -0.05) is 6.07 Å². The molecule has 0 radical (unpaired) electrons. The molecule has 2 heterocycles. The number of aryl methyl sites for hydroxylation is 2. The Morgan fingerprint density at radius 3 is 2.89 bits per heavy atom. The summed E-state index contributed by atoms with van der Waals surface area (Å²) >= 11 is 0. The summed E-state index contributed by atoms with van der Waals surface area (Å²) in [6.07, 6.45) is 2.04. The van der Waals surface area contributed by atoms with Crippen molar-refractivity contribution in [3.8, 4) is 11.5 Å². The predicted molar refractivity (Wildman–Crippen MR) is 71.1 cm³/mol. The normalized spacial score (nSPS) is 12.9. The highest BCUT2D eigenvalue weighted by Gasteiger charge is 2.12. The molecule has 0 saturated carbocycles. The Labute approximate surface area is 112 Å². The monoisotopic (exact) mass is 259 g/mol. The molecule has 0 unspecified atom stereocenters. The van der Waals surface area contributed by atoms with Gasteiger partial charge in [0.1, 0.15) is 0 Å². The number of hydrogen-bond donors (Lipinski definition) is 1. The van der Waals surface area contributed by atoms with Gasteiger partial charge in [-0.05, 0) is 24.6 Å². The van der Waals surface area contributed by atoms with E-state index in [1.165, 1.54) is 11.1 Å². The minimum atomic E-state index is 0.321. The van der Waals surface area contributed by atoms with E-state index in [2.05, 4.69) is 16.5 Å². The first-order valence-electron chi connectivity index (χ1n) is 6.31. The molecular formula is C14H17N3O2. The maximum atomic E-state index is 5.36. The molecule has 5 nitrogen and oxygen atoms in total. The largest absolute Gasteiger partial charge is 0.454 e. The zero-order chi connectivity index (χ0) is 13.2. The van der Waals surface area contributed by atoms with Gasteiger partial charge in [0.15, 0.2) is 11.5 Å². The molecule has 1 N–H and O–H groups in total. The summed E-state index contributed by atoms with van der Waals surface area (Å²) in [5.74, 6) is 1.66. The first-order chi connectivity index (χ1) is 9.22. The highest BCUT2D eigenvalue weighted by Crippen LogP contribution is 2.32. The predicted octanol–water partition coefficient (Wildman–Crippen LogP) is 1.75. The molecule has 0 amide bonds. The van der Waals surface area contributed by atoms with Gasteiger partial charge in [-0.15, -0.1) is 0 Å². The van der Waals surface area contributed by atoms with E-state index in [0.29, 0.717) is 6.79 Å². The summed E-state index contributed by atoms with van der Waals surface area (Å²) < 4.78 is 12.5. The fourth-order valence-corrected chi connectivity index (χ4v) is 2.21. The Hall–Kier alpha value is -2.01. The van der Waals surface area contributed by atoms with Crippen LogP contribution in [0.2, 0.25) is 0 Å². The second kappa shape index (κ2) is 4.93. The number of benzene rings is 1. The molecule has 0 fully saturated rings. The molecule has 0 spiro atoms. The molecule has 5 heteroatoms. The van der Waals surface area contributed by atoms with Crippen LogP contribution in [-0.2, 0) is 20.1 Å². The molecule has 0 bridgehead atoms. The Morgan fingerprint density at radius 2 is 2.11 bits per heavy atom. The number of hydrogen-bond acceptors (Lipinski definition) is 4. The molecule has 3 rings (SSSR count). The molecule has 1 aliphatic rings. The highest BCUT2D eigenvalue weighted by atomic mass is 16.7. The summed E-state index contributed by atoms with van der Waals surface area (Å²) in [5.41, 5.74) is 3.48. The van der Waals surface area contributed by atoms with Crippen LogP contribution in [0, 0.1) is 6.92 Å². The lowest BCUT2D eigenvalue weighted by atomic mass is 10.2. The summed E-state index contributed by atoms with van der Waals surface area (Å²) in [6.45, 7) is 3.96. The zero-order valence-corrected chi connectivity index (χ0v) is 11.1. The van der Waals surface area contributed by atoms with E-state index in [1.807, 2.05) is 37.0 Å². The number of aromatic nitrogens is 2. The van der Waals surface area contributed by atoms with Gasteiger partial charge in [-0.2, -0.15) is 5.10 Å². The van der Waals surface area contributed by atoms with Crippen molar-refractivity contribution in [2.24, 2.45) is 7.05 Å². The second-order valence-corrected chi connectivity index (χ2v) is 4.70. The molecule has 0 aliphatic carbocycles. The quantitative estimate of drug-likeness (QED) is 0.908. The first kappa shape index (κ1) is 12.0. The molecule has 100 valence electrons. The van der Waals surface area contributed by atoms with E-state index in [9.17, 15) is 0 Å². The second-order valence-electron chi connectivity index (χ2n) is 4.70. The standard InChI is InChI=1S/C14H17N3O2/c1-10-12(8-17(2)16-10)7-15-6-11-3-4-13-14(5-11)19-9-18-13/h3-5,8,15H,6-7,9H2,1-2H3. The summed E-state index contributed by atoms with van der Waals surface area (Å²) in [7, 11) is 1.94. The number of ether oxygens (including phenoxy) is 2.